The zero-order valence-corrected chi connectivity index (χ0v) is 8.17. The first-order chi connectivity index (χ1) is 7.58. The third-order valence-electron chi connectivity index (χ3n) is 2.45. The molecule has 1 aliphatic heterocycles. The highest BCUT2D eigenvalue weighted by atomic mass is 16.6. The summed E-state index contributed by atoms with van der Waals surface area (Å²) in [5, 5.41) is 12.7. The molecule has 1 saturated heterocycles. The Balaban J connectivity index is 2.34. The molecule has 1 unspecified atom stereocenters. The molecular formula is C10H8N2O4. The molecule has 0 spiro atoms. The molecule has 2 amide bonds. The van der Waals surface area contributed by atoms with Crippen LogP contribution in [0.3, 0.4) is 0 Å². The van der Waals surface area contributed by atoms with E-state index in [9.17, 15) is 19.7 Å². The zero-order chi connectivity index (χ0) is 11.7. The first kappa shape index (κ1) is 10.3. The van der Waals surface area contributed by atoms with Crippen LogP contribution in [-0.2, 0) is 9.59 Å². The first-order valence-electron chi connectivity index (χ1n) is 4.66. The van der Waals surface area contributed by atoms with Crippen molar-refractivity contribution in [2.75, 3.05) is 0 Å². The van der Waals surface area contributed by atoms with Crippen molar-refractivity contribution in [1.82, 2.24) is 5.32 Å². The highest BCUT2D eigenvalue weighted by Gasteiger charge is 2.32. The SMILES string of the molecule is O=C1CC(c2cccc([N+](=O)[O-])c2)C(=O)N1. The van der Waals surface area contributed by atoms with Gasteiger partial charge in [-0.3, -0.25) is 25.0 Å². The molecule has 1 aromatic carbocycles. The Labute approximate surface area is 90.4 Å². The molecule has 1 aliphatic rings. The number of nitrogens with zero attached hydrogens (tertiary/aromatic N) is 1. The number of nitro groups is 1. The number of nitro benzene ring substituents is 1. The van der Waals surface area contributed by atoms with Crippen LogP contribution < -0.4 is 5.32 Å². The summed E-state index contributed by atoms with van der Waals surface area (Å²) in [5.74, 6) is -1.35. The van der Waals surface area contributed by atoms with Gasteiger partial charge in [0.2, 0.25) is 11.8 Å². The Morgan fingerprint density at radius 1 is 1.38 bits per heavy atom. The molecule has 0 saturated carbocycles. The molecule has 0 bridgehead atoms. The quantitative estimate of drug-likeness (QED) is 0.452. The summed E-state index contributed by atoms with van der Waals surface area (Å²) in [4.78, 5) is 32.4. The van der Waals surface area contributed by atoms with Gasteiger partial charge in [-0.2, -0.15) is 0 Å². The van der Waals surface area contributed by atoms with Crippen LogP contribution in [0.2, 0.25) is 0 Å². The minimum absolute atomic E-state index is 0.0556. The normalized spacial score (nSPS) is 19.6. The van der Waals surface area contributed by atoms with Gasteiger partial charge in [0.15, 0.2) is 0 Å². The lowest BCUT2D eigenvalue weighted by atomic mass is 9.97. The second-order valence-electron chi connectivity index (χ2n) is 3.52. The van der Waals surface area contributed by atoms with Crippen molar-refractivity contribution in [3.63, 3.8) is 0 Å². The lowest BCUT2D eigenvalue weighted by Gasteiger charge is -2.05. The number of carbonyl (C=O) groups is 2. The Bertz CT molecular complexity index is 483. The van der Waals surface area contributed by atoms with E-state index in [0.717, 1.165) is 0 Å². The van der Waals surface area contributed by atoms with Crippen LogP contribution in [0.1, 0.15) is 17.9 Å². The predicted molar refractivity (Wildman–Crippen MR) is 53.6 cm³/mol. The molecule has 0 radical (unpaired) electrons. The summed E-state index contributed by atoms with van der Waals surface area (Å²) in [5.41, 5.74) is 0.419. The molecule has 16 heavy (non-hydrogen) atoms. The van der Waals surface area contributed by atoms with E-state index in [1.807, 2.05) is 0 Å². The number of amides is 2. The minimum atomic E-state index is -0.604. The summed E-state index contributed by atoms with van der Waals surface area (Å²) in [7, 11) is 0. The van der Waals surface area contributed by atoms with Crippen LogP contribution in [0, 0.1) is 10.1 Å². The summed E-state index contributed by atoms with van der Waals surface area (Å²) in [6.45, 7) is 0. The van der Waals surface area contributed by atoms with E-state index < -0.39 is 16.7 Å². The number of non-ortho nitro benzene ring substituents is 1. The van der Waals surface area contributed by atoms with E-state index in [2.05, 4.69) is 5.32 Å². The highest BCUT2D eigenvalue weighted by Crippen LogP contribution is 2.26. The van der Waals surface area contributed by atoms with Gasteiger partial charge in [-0.05, 0) is 5.56 Å². The van der Waals surface area contributed by atoms with Gasteiger partial charge in [0.05, 0.1) is 10.8 Å². The van der Waals surface area contributed by atoms with Crippen LogP contribution in [0.25, 0.3) is 0 Å². The van der Waals surface area contributed by atoms with Crippen LogP contribution in [0.15, 0.2) is 24.3 Å². The number of benzene rings is 1. The molecular weight excluding hydrogens is 212 g/mol. The molecule has 2 rings (SSSR count). The van der Waals surface area contributed by atoms with Gasteiger partial charge in [-0.1, -0.05) is 12.1 Å². The van der Waals surface area contributed by atoms with E-state index in [1.165, 1.54) is 18.2 Å². The summed E-state index contributed by atoms with van der Waals surface area (Å²) in [6.07, 6.45) is 0.0556. The Morgan fingerprint density at radius 3 is 2.69 bits per heavy atom. The van der Waals surface area contributed by atoms with Crippen molar-refractivity contribution in [3.8, 4) is 0 Å². The van der Waals surface area contributed by atoms with Gasteiger partial charge in [-0.15, -0.1) is 0 Å². The van der Waals surface area contributed by atoms with Crippen molar-refractivity contribution in [1.29, 1.82) is 0 Å². The maximum absolute atomic E-state index is 11.4. The van der Waals surface area contributed by atoms with Crippen molar-refractivity contribution in [3.05, 3.63) is 39.9 Å². The fourth-order valence-corrected chi connectivity index (χ4v) is 1.68. The van der Waals surface area contributed by atoms with Gasteiger partial charge in [-0.25, -0.2) is 0 Å². The van der Waals surface area contributed by atoms with Gasteiger partial charge in [0.1, 0.15) is 0 Å². The van der Waals surface area contributed by atoms with Crippen LogP contribution in [0.5, 0.6) is 0 Å². The molecule has 82 valence electrons. The average Bonchev–Trinajstić information content (AvgIpc) is 2.58. The summed E-state index contributed by atoms with van der Waals surface area (Å²) < 4.78 is 0. The Morgan fingerprint density at radius 2 is 2.12 bits per heavy atom. The molecule has 1 heterocycles. The van der Waals surface area contributed by atoms with Gasteiger partial charge < -0.3 is 0 Å². The predicted octanol–water partition coefficient (Wildman–Crippen LogP) is 0.725. The second kappa shape index (κ2) is 3.73. The zero-order valence-electron chi connectivity index (χ0n) is 8.17. The molecule has 1 fully saturated rings. The molecule has 1 aromatic rings. The number of rotatable bonds is 2. The largest absolute Gasteiger partial charge is 0.296 e. The van der Waals surface area contributed by atoms with Crippen molar-refractivity contribution < 1.29 is 14.5 Å². The van der Waals surface area contributed by atoms with Crippen molar-refractivity contribution >= 4 is 17.5 Å². The smallest absolute Gasteiger partial charge is 0.269 e. The topological polar surface area (TPSA) is 89.3 Å². The number of hydrogen-bond acceptors (Lipinski definition) is 4. The van der Waals surface area contributed by atoms with Crippen molar-refractivity contribution in [2.24, 2.45) is 0 Å². The molecule has 6 heteroatoms. The van der Waals surface area contributed by atoms with Crippen molar-refractivity contribution in [2.45, 2.75) is 12.3 Å². The number of nitrogens with one attached hydrogen (secondary N) is 1. The van der Waals surface area contributed by atoms with E-state index in [1.54, 1.807) is 6.07 Å². The minimum Gasteiger partial charge on any atom is -0.296 e. The van der Waals surface area contributed by atoms with Gasteiger partial charge >= 0.3 is 0 Å². The fraction of sp³-hybridized carbons (Fsp3) is 0.200. The van der Waals surface area contributed by atoms with Crippen LogP contribution >= 0.6 is 0 Å². The van der Waals surface area contributed by atoms with E-state index in [4.69, 9.17) is 0 Å². The number of hydrogen-bond donors (Lipinski definition) is 1. The standard InChI is InChI=1S/C10H8N2O4/c13-9-5-8(10(14)11-9)6-2-1-3-7(4-6)12(15)16/h1-4,8H,5H2,(H,11,13,14). The Kier molecular flexibility index (Phi) is 2.40. The van der Waals surface area contributed by atoms with Gasteiger partial charge in [0, 0.05) is 18.6 Å². The second-order valence-corrected chi connectivity index (χ2v) is 3.52. The summed E-state index contributed by atoms with van der Waals surface area (Å²) in [6, 6.07) is 5.78. The molecule has 0 aromatic heterocycles. The molecule has 6 nitrogen and oxygen atoms in total. The lowest BCUT2D eigenvalue weighted by Crippen LogP contribution is -2.21. The van der Waals surface area contributed by atoms with E-state index in [0.29, 0.717) is 5.56 Å². The first-order valence-corrected chi connectivity index (χ1v) is 4.66. The maximum atomic E-state index is 11.4. The third kappa shape index (κ3) is 1.77. The summed E-state index contributed by atoms with van der Waals surface area (Å²) >= 11 is 0. The average molecular weight is 220 g/mol. The third-order valence-corrected chi connectivity index (χ3v) is 2.45. The number of carbonyl (C=O) groups excluding carboxylic acids is 2. The van der Waals surface area contributed by atoms with Crippen LogP contribution in [0.4, 0.5) is 5.69 Å². The number of imide groups is 1. The molecule has 1 N–H and O–H groups in total. The van der Waals surface area contributed by atoms with Gasteiger partial charge in [0.25, 0.3) is 5.69 Å². The van der Waals surface area contributed by atoms with E-state index in [-0.39, 0.29) is 18.0 Å². The van der Waals surface area contributed by atoms with E-state index >= 15 is 0 Å². The molecule has 1 atom stereocenters. The fourth-order valence-electron chi connectivity index (χ4n) is 1.68. The lowest BCUT2D eigenvalue weighted by molar-refractivity contribution is -0.384. The monoisotopic (exact) mass is 220 g/mol. The highest BCUT2D eigenvalue weighted by molar-refractivity contribution is 6.06. The molecule has 0 aliphatic carbocycles. The van der Waals surface area contributed by atoms with Crippen LogP contribution in [-0.4, -0.2) is 16.7 Å². The Hall–Kier alpha value is -2.24. The maximum Gasteiger partial charge on any atom is 0.269 e.